The molecule has 1 aliphatic heterocycles. The highest BCUT2D eigenvalue weighted by Crippen LogP contribution is 2.39. The highest BCUT2D eigenvalue weighted by atomic mass is 16.5. The Hall–Kier alpha value is -1.22. The number of aliphatic hydroxyl groups is 1. The lowest BCUT2D eigenvalue weighted by Gasteiger charge is -2.15. The van der Waals surface area contributed by atoms with Gasteiger partial charge in [-0.25, -0.2) is 0 Å². The molecule has 2 rings (SSSR count). The van der Waals surface area contributed by atoms with Crippen LogP contribution < -0.4 is 10.1 Å². The van der Waals surface area contributed by atoms with E-state index in [4.69, 9.17) is 4.74 Å². The van der Waals surface area contributed by atoms with E-state index < -0.39 is 0 Å². The normalized spacial score (nSPS) is 23.4. The third-order valence-corrected chi connectivity index (χ3v) is 3.12. The largest absolute Gasteiger partial charge is 0.497 e. The molecule has 3 nitrogen and oxygen atoms in total. The zero-order chi connectivity index (χ0) is 10.8. The number of hydrogen-bond donors (Lipinski definition) is 2. The summed E-state index contributed by atoms with van der Waals surface area (Å²) in [6.45, 7) is 2.32. The lowest BCUT2D eigenvalue weighted by atomic mass is 9.93. The Labute approximate surface area is 90.1 Å². The molecule has 1 heterocycles. The van der Waals surface area contributed by atoms with Crippen molar-refractivity contribution in [1.29, 1.82) is 0 Å². The molecule has 0 spiro atoms. The van der Waals surface area contributed by atoms with Gasteiger partial charge in [0, 0.05) is 17.7 Å². The first-order valence-electron chi connectivity index (χ1n) is 5.35. The van der Waals surface area contributed by atoms with Crippen molar-refractivity contribution in [3.05, 3.63) is 23.8 Å². The third-order valence-electron chi connectivity index (χ3n) is 3.12. The molecule has 0 radical (unpaired) electrons. The van der Waals surface area contributed by atoms with Gasteiger partial charge in [-0.15, -0.1) is 0 Å². The van der Waals surface area contributed by atoms with E-state index in [1.807, 2.05) is 12.1 Å². The summed E-state index contributed by atoms with van der Waals surface area (Å²) in [6, 6.07) is 6.21. The summed E-state index contributed by atoms with van der Waals surface area (Å²) in [4.78, 5) is 0. The van der Waals surface area contributed by atoms with Crippen LogP contribution in [0.4, 0.5) is 5.69 Å². The number of nitrogens with one attached hydrogen (secondary N) is 1. The van der Waals surface area contributed by atoms with E-state index in [2.05, 4.69) is 18.3 Å². The monoisotopic (exact) mass is 207 g/mol. The van der Waals surface area contributed by atoms with Crippen molar-refractivity contribution in [3.63, 3.8) is 0 Å². The fourth-order valence-electron chi connectivity index (χ4n) is 2.31. The van der Waals surface area contributed by atoms with Crippen LogP contribution in [0.3, 0.4) is 0 Å². The van der Waals surface area contributed by atoms with Crippen molar-refractivity contribution >= 4 is 5.69 Å². The Morgan fingerprint density at radius 1 is 1.47 bits per heavy atom. The van der Waals surface area contributed by atoms with Crippen molar-refractivity contribution < 1.29 is 9.84 Å². The van der Waals surface area contributed by atoms with E-state index in [1.54, 1.807) is 7.11 Å². The fourth-order valence-corrected chi connectivity index (χ4v) is 2.31. The molecule has 0 aliphatic carbocycles. The Morgan fingerprint density at radius 3 is 2.87 bits per heavy atom. The van der Waals surface area contributed by atoms with Crippen LogP contribution in [0.15, 0.2) is 18.2 Å². The van der Waals surface area contributed by atoms with Crippen LogP contribution in [-0.2, 0) is 0 Å². The summed E-state index contributed by atoms with van der Waals surface area (Å²) in [5.41, 5.74) is 2.39. The second-order valence-electron chi connectivity index (χ2n) is 3.90. The van der Waals surface area contributed by atoms with Gasteiger partial charge in [0.05, 0.1) is 19.8 Å². The number of hydrogen-bond acceptors (Lipinski definition) is 3. The van der Waals surface area contributed by atoms with E-state index >= 15 is 0 Å². The first kappa shape index (κ1) is 10.3. The molecular weight excluding hydrogens is 190 g/mol. The van der Waals surface area contributed by atoms with Gasteiger partial charge in [-0.05, 0) is 18.1 Å². The number of benzene rings is 1. The molecular formula is C12H17NO2. The lowest BCUT2D eigenvalue weighted by molar-refractivity contribution is 0.261. The molecule has 0 fully saturated rings. The maximum atomic E-state index is 9.27. The minimum Gasteiger partial charge on any atom is -0.497 e. The third kappa shape index (κ3) is 1.67. The SMILES string of the molecule is CCC1c2ccc(OC)cc2NC1CO. The van der Waals surface area contributed by atoms with Crippen LogP contribution in [0.5, 0.6) is 5.75 Å². The summed E-state index contributed by atoms with van der Waals surface area (Å²) in [5, 5.41) is 12.6. The number of rotatable bonds is 3. The number of fused-ring (bicyclic) bond motifs is 1. The van der Waals surface area contributed by atoms with E-state index in [9.17, 15) is 5.11 Å². The van der Waals surface area contributed by atoms with Gasteiger partial charge in [0.2, 0.25) is 0 Å². The molecule has 0 aromatic heterocycles. The van der Waals surface area contributed by atoms with Crippen LogP contribution in [0.1, 0.15) is 24.8 Å². The first-order chi connectivity index (χ1) is 7.30. The Kier molecular flexibility index (Phi) is 2.82. The molecule has 3 heteroatoms. The zero-order valence-electron chi connectivity index (χ0n) is 9.16. The van der Waals surface area contributed by atoms with Crippen molar-refractivity contribution in [2.75, 3.05) is 19.0 Å². The van der Waals surface area contributed by atoms with Gasteiger partial charge in [-0.1, -0.05) is 13.0 Å². The smallest absolute Gasteiger partial charge is 0.120 e. The Morgan fingerprint density at radius 2 is 2.27 bits per heavy atom. The minimum atomic E-state index is 0.150. The van der Waals surface area contributed by atoms with Gasteiger partial charge in [0.1, 0.15) is 5.75 Å². The van der Waals surface area contributed by atoms with Crippen LogP contribution in [0.25, 0.3) is 0 Å². The fraction of sp³-hybridized carbons (Fsp3) is 0.500. The molecule has 1 aliphatic rings. The second kappa shape index (κ2) is 4.11. The molecule has 2 N–H and O–H groups in total. The number of aliphatic hydroxyl groups excluding tert-OH is 1. The number of methoxy groups -OCH3 is 1. The molecule has 0 saturated carbocycles. The van der Waals surface area contributed by atoms with Crippen LogP contribution in [0.2, 0.25) is 0 Å². The number of ether oxygens (including phenoxy) is 1. The van der Waals surface area contributed by atoms with E-state index in [0.717, 1.165) is 17.9 Å². The summed E-state index contributed by atoms with van der Waals surface area (Å²) in [7, 11) is 1.66. The molecule has 1 aromatic rings. The summed E-state index contributed by atoms with van der Waals surface area (Å²) < 4.78 is 5.17. The maximum absolute atomic E-state index is 9.27. The molecule has 0 bridgehead atoms. The summed E-state index contributed by atoms with van der Waals surface area (Å²) in [6.07, 6.45) is 1.04. The van der Waals surface area contributed by atoms with Gasteiger partial charge in [-0.3, -0.25) is 0 Å². The standard InChI is InChI=1S/C12H17NO2/c1-3-9-10-5-4-8(15-2)6-11(10)13-12(9)7-14/h4-6,9,12-14H,3,7H2,1-2H3. The molecule has 15 heavy (non-hydrogen) atoms. The average molecular weight is 207 g/mol. The lowest BCUT2D eigenvalue weighted by Crippen LogP contribution is -2.24. The molecule has 82 valence electrons. The highest BCUT2D eigenvalue weighted by molar-refractivity contribution is 5.62. The molecule has 1 aromatic carbocycles. The quantitative estimate of drug-likeness (QED) is 0.796. The minimum absolute atomic E-state index is 0.150. The van der Waals surface area contributed by atoms with Gasteiger partial charge >= 0.3 is 0 Å². The van der Waals surface area contributed by atoms with Crippen LogP contribution in [-0.4, -0.2) is 24.9 Å². The van der Waals surface area contributed by atoms with Crippen molar-refractivity contribution in [2.45, 2.75) is 25.3 Å². The van der Waals surface area contributed by atoms with Crippen LogP contribution in [0, 0.1) is 0 Å². The summed E-state index contributed by atoms with van der Waals surface area (Å²) >= 11 is 0. The highest BCUT2D eigenvalue weighted by Gasteiger charge is 2.30. The topological polar surface area (TPSA) is 41.5 Å². The Balaban J connectivity index is 2.34. The van der Waals surface area contributed by atoms with Gasteiger partial charge in [0.15, 0.2) is 0 Å². The van der Waals surface area contributed by atoms with Crippen molar-refractivity contribution in [3.8, 4) is 5.75 Å². The van der Waals surface area contributed by atoms with Crippen LogP contribution >= 0.6 is 0 Å². The maximum Gasteiger partial charge on any atom is 0.120 e. The molecule has 2 atom stereocenters. The van der Waals surface area contributed by atoms with E-state index in [-0.39, 0.29) is 12.6 Å². The van der Waals surface area contributed by atoms with Gasteiger partial charge in [-0.2, -0.15) is 0 Å². The predicted molar refractivity (Wildman–Crippen MR) is 60.5 cm³/mol. The second-order valence-corrected chi connectivity index (χ2v) is 3.90. The summed E-state index contributed by atoms with van der Waals surface area (Å²) in [5.74, 6) is 1.27. The van der Waals surface area contributed by atoms with Gasteiger partial charge < -0.3 is 15.2 Å². The molecule has 0 saturated heterocycles. The average Bonchev–Trinajstić information content (AvgIpc) is 2.65. The van der Waals surface area contributed by atoms with Crippen molar-refractivity contribution in [1.82, 2.24) is 0 Å². The predicted octanol–water partition coefficient (Wildman–Crippen LogP) is 1.98. The Bertz CT molecular complexity index is 351. The first-order valence-corrected chi connectivity index (χ1v) is 5.35. The molecule has 2 unspecified atom stereocenters. The van der Waals surface area contributed by atoms with E-state index in [1.165, 1.54) is 5.56 Å². The van der Waals surface area contributed by atoms with E-state index in [0.29, 0.717) is 5.92 Å². The number of anilines is 1. The van der Waals surface area contributed by atoms with Crippen molar-refractivity contribution in [2.24, 2.45) is 0 Å². The molecule has 0 amide bonds. The zero-order valence-corrected chi connectivity index (χ0v) is 9.16. The van der Waals surface area contributed by atoms with Gasteiger partial charge in [0.25, 0.3) is 0 Å².